The Morgan fingerprint density at radius 2 is 1.31 bits per heavy atom. The zero-order valence-corrected chi connectivity index (χ0v) is 33.0. The fourth-order valence-electron chi connectivity index (χ4n) is 9.56. The van der Waals surface area contributed by atoms with Gasteiger partial charge in [0.2, 0.25) is 11.4 Å². The van der Waals surface area contributed by atoms with Crippen LogP contribution in [0, 0.1) is 6.67 Å². The molecule has 55 heavy (non-hydrogen) atoms. The highest BCUT2D eigenvalue weighted by Crippen LogP contribution is 2.75. The van der Waals surface area contributed by atoms with Crippen molar-refractivity contribution >= 4 is 44.6 Å². The van der Waals surface area contributed by atoms with Crippen molar-refractivity contribution < 1.29 is 4.74 Å². The van der Waals surface area contributed by atoms with Gasteiger partial charge in [0.05, 0.1) is 11.0 Å². The molecule has 4 heterocycles. The van der Waals surface area contributed by atoms with E-state index in [4.69, 9.17) is 9.72 Å². The molecule has 3 aliphatic rings. The minimum absolute atomic E-state index is 0.00688. The van der Waals surface area contributed by atoms with E-state index < -0.39 is 0 Å². The summed E-state index contributed by atoms with van der Waals surface area (Å²) in [7, 11) is 0. The molecule has 0 radical (unpaired) electrons. The molecular weight excluding hydrogens is 673 g/mol. The van der Waals surface area contributed by atoms with Crippen LogP contribution in [0.25, 0.3) is 27.6 Å². The van der Waals surface area contributed by atoms with Crippen molar-refractivity contribution in [3.05, 3.63) is 151 Å². The second kappa shape index (κ2) is 12.1. The van der Waals surface area contributed by atoms with Crippen LogP contribution < -0.4 is 13.9 Å². The largest absolute Gasteiger partial charge is 0.457 e. The third kappa shape index (κ3) is 5.23. The minimum Gasteiger partial charge on any atom is -0.457 e. The van der Waals surface area contributed by atoms with E-state index in [2.05, 4.69) is 174 Å². The van der Waals surface area contributed by atoms with Gasteiger partial charge in [-0.1, -0.05) is 103 Å². The number of aromatic nitrogens is 2. The summed E-state index contributed by atoms with van der Waals surface area (Å²) >= 11 is 0. The molecule has 7 aromatic rings. The first-order valence-corrected chi connectivity index (χ1v) is 20.2. The number of para-hydroxylation sites is 3. The lowest BCUT2D eigenvalue weighted by atomic mass is 9.84. The van der Waals surface area contributed by atoms with Crippen LogP contribution in [0.5, 0.6) is 11.5 Å². The van der Waals surface area contributed by atoms with Gasteiger partial charge in [-0.2, -0.15) is 9.18 Å². The van der Waals surface area contributed by atoms with Crippen LogP contribution in [0.15, 0.2) is 128 Å². The van der Waals surface area contributed by atoms with Gasteiger partial charge in [-0.15, -0.1) is 0 Å². The highest BCUT2D eigenvalue weighted by Gasteiger charge is 2.78. The van der Waals surface area contributed by atoms with Gasteiger partial charge in [-0.25, -0.2) is 4.98 Å². The van der Waals surface area contributed by atoms with Crippen molar-refractivity contribution in [2.45, 2.75) is 90.4 Å². The first-order valence-electron chi connectivity index (χ1n) is 20.2. The molecule has 2 fully saturated rings. The van der Waals surface area contributed by atoms with Gasteiger partial charge in [-0.05, 0) is 82.7 Å². The number of ether oxygens (including phenoxy) is 1. The molecule has 1 saturated heterocycles. The van der Waals surface area contributed by atoms with E-state index in [9.17, 15) is 0 Å². The Kier molecular flexibility index (Phi) is 7.56. The summed E-state index contributed by atoms with van der Waals surface area (Å²) < 4.78 is 10.6. The van der Waals surface area contributed by atoms with Crippen LogP contribution in [0.1, 0.15) is 96.3 Å². The smallest absolute Gasteiger partial charge is 0.225 e. The molecule has 5 heteroatoms. The topological polar surface area (TPSA) is 27.1 Å². The maximum atomic E-state index is 6.97. The van der Waals surface area contributed by atoms with Crippen LogP contribution in [0.3, 0.4) is 0 Å². The van der Waals surface area contributed by atoms with Gasteiger partial charge in [0.15, 0.2) is 18.0 Å². The third-order valence-electron chi connectivity index (χ3n) is 12.6. The van der Waals surface area contributed by atoms with E-state index in [0.29, 0.717) is 15.1 Å². The zero-order valence-electron chi connectivity index (χ0n) is 33.0. The van der Waals surface area contributed by atoms with Crippen LogP contribution >= 0.6 is 0 Å². The van der Waals surface area contributed by atoms with Gasteiger partial charge in [0.1, 0.15) is 17.3 Å². The Balaban J connectivity index is 1.08. The fourth-order valence-corrected chi connectivity index (χ4v) is 9.56. The molecule has 0 amide bonds. The van der Waals surface area contributed by atoms with Crippen molar-refractivity contribution in [3.8, 4) is 17.3 Å². The first kappa shape index (κ1) is 34.3. The Bertz CT molecular complexity index is 2630. The van der Waals surface area contributed by atoms with Gasteiger partial charge >= 0.3 is 0 Å². The number of pyridine rings is 1. The molecule has 0 spiro atoms. The average molecular weight is 724 g/mol. The maximum Gasteiger partial charge on any atom is 0.225 e. The Morgan fingerprint density at radius 1 is 0.600 bits per heavy atom. The lowest BCUT2D eigenvalue weighted by Crippen LogP contribution is -2.46. The predicted molar refractivity (Wildman–Crippen MR) is 228 cm³/mol. The SMILES string of the molecule is CC(C)(C)c1cc(Oc2ccc3c4ccccc4n(-c4cc(C(C)(C)C)ccn4)c3c2)cc([N+]23[CH-][N@+]2(c2cccc(C4CCCCC4)c2)c2ccccc23)c1. The molecule has 10 rings (SSSR count). The van der Waals surface area contributed by atoms with Crippen LogP contribution in [-0.4, -0.2) is 9.55 Å². The molecule has 2 atom stereocenters. The molecule has 1 aliphatic carbocycles. The molecule has 5 aromatic carbocycles. The summed E-state index contributed by atoms with van der Waals surface area (Å²) in [6.07, 6.45) is 8.57. The first-order chi connectivity index (χ1) is 26.5. The molecule has 5 nitrogen and oxygen atoms in total. The summed E-state index contributed by atoms with van der Waals surface area (Å²) in [5, 5.41) is 2.39. The Morgan fingerprint density at radius 3 is 2.07 bits per heavy atom. The highest BCUT2D eigenvalue weighted by atomic mass is 16.5. The number of hydrogen-bond acceptors (Lipinski definition) is 2. The number of benzene rings is 5. The molecule has 0 N–H and O–H groups in total. The number of fused-ring (bicyclic) bond motifs is 7. The molecule has 276 valence electrons. The molecule has 2 aliphatic heterocycles. The van der Waals surface area contributed by atoms with E-state index in [1.165, 1.54) is 82.3 Å². The van der Waals surface area contributed by atoms with Gasteiger partial charge in [0.25, 0.3) is 0 Å². The minimum atomic E-state index is -0.0798. The highest BCUT2D eigenvalue weighted by molar-refractivity contribution is 6.09. The van der Waals surface area contributed by atoms with E-state index in [1.807, 2.05) is 6.20 Å². The van der Waals surface area contributed by atoms with Gasteiger partial charge in [-0.3, -0.25) is 4.57 Å². The van der Waals surface area contributed by atoms with E-state index in [1.54, 1.807) is 0 Å². The van der Waals surface area contributed by atoms with Crippen LogP contribution in [0.2, 0.25) is 0 Å². The quantitative estimate of drug-likeness (QED) is 0.0970. The van der Waals surface area contributed by atoms with E-state index in [-0.39, 0.29) is 10.8 Å². The lowest BCUT2D eigenvalue weighted by Gasteiger charge is -2.40. The number of quaternary nitrogens is 2. The number of nitrogens with zero attached hydrogens (tertiary/aromatic N) is 4. The summed E-state index contributed by atoms with van der Waals surface area (Å²) in [5.74, 6) is 3.23. The summed E-state index contributed by atoms with van der Waals surface area (Å²) in [4.78, 5) is 4.90. The molecule has 0 bridgehead atoms. The molecule has 1 saturated carbocycles. The fraction of sp³-hybridized carbons (Fsp3) is 0.280. The Hall–Kier alpha value is -5.23. The molecule has 1 unspecified atom stereocenters. The second-order valence-electron chi connectivity index (χ2n) is 18.2. The summed E-state index contributed by atoms with van der Waals surface area (Å²) in [6, 6.07) is 44.9. The lowest BCUT2D eigenvalue weighted by molar-refractivity contribution is 0.419. The van der Waals surface area contributed by atoms with Gasteiger partial charge in [0, 0.05) is 59.4 Å². The third-order valence-corrected chi connectivity index (χ3v) is 12.6. The Labute approximate surface area is 325 Å². The van der Waals surface area contributed by atoms with Crippen LogP contribution in [-0.2, 0) is 10.8 Å². The van der Waals surface area contributed by atoms with Crippen molar-refractivity contribution in [3.63, 3.8) is 0 Å². The van der Waals surface area contributed by atoms with Gasteiger partial charge < -0.3 is 4.74 Å². The molecular formula is C50H51N4O+. The maximum absolute atomic E-state index is 6.97. The van der Waals surface area contributed by atoms with Crippen molar-refractivity contribution in [1.82, 2.24) is 18.7 Å². The van der Waals surface area contributed by atoms with Crippen molar-refractivity contribution in [2.75, 3.05) is 0 Å². The summed E-state index contributed by atoms with van der Waals surface area (Å²) in [6.45, 7) is 16.1. The molecule has 2 aromatic heterocycles. The second-order valence-corrected chi connectivity index (χ2v) is 18.2. The standard InChI is InChI=1S/C50H51N4O/c1-49(2,3)36-25-26-51-48(30-36)52-44-20-11-10-19-42(44)43-24-23-40(32-45(43)52)55-41-29-37(50(4,5)6)28-39(31-41)54-33-53(54,46-21-12-13-22-47(46)54)38-18-14-17-35(27-38)34-15-8-7-9-16-34/h10-14,17-34H,7-9,15-16H2,1-6H3/q+1/t53-,54?/m0/s1. The van der Waals surface area contributed by atoms with Crippen LogP contribution in [0.4, 0.5) is 22.7 Å². The predicted octanol–water partition coefficient (Wildman–Crippen LogP) is 14.0. The number of rotatable bonds is 6. The monoisotopic (exact) mass is 723 g/mol. The van der Waals surface area contributed by atoms with Crippen molar-refractivity contribution in [2.24, 2.45) is 0 Å². The van der Waals surface area contributed by atoms with Crippen molar-refractivity contribution in [1.29, 1.82) is 0 Å². The summed E-state index contributed by atoms with van der Waals surface area (Å²) in [5.41, 5.74) is 11.4. The van der Waals surface area contributed by atoms with E-state index >= 15 is 0 Å². The van der Waals surface area contributed by atoms with E-state index in [0.717, 1.165) is 28.4 Å². The number of hydrogen-bond donors (Lipinski definition) is 0. The normalized spacial score (nSPS) is 20.9. The average Bonchev–Trinajstić information content (AvgIpc) is 3.68. The zero-order chi connectivity index (χ0) is 37.7.